The van der Waals surface area contributed by atoms with Gasteiger partial charge in [0.25, 0.3) is 5.91 Å². The number of hydrogen-bond acceptors (Lipinski definition) is 2. The summed E-state index contributed by atoms with van der Waals surface area (Å²) in [6.07, 6.45) is 2.39. The van der Waals surface area contributed by atoms with Crippen molar-refractivity contribution in [1.29, 1.82) is 0 Å². The Morgan fingerprint density at radius 2 is 2.11 bits per heavy atom. The first-order valence-corrected chi connectivity index (χ1v) is 6.09. The number of halogens is 1. The van der Waals surface area contributed by atoms with Gasteiger partial charge in [0.15, 0.2) is 0 Å². The predicted octanol–water partition coefficient (Wildman–Crippen LogP) is 3.55. The van der Waals surface area contributed by atoms with Gasteiger partial charge < -0.3 is 5.32 Å². The second-order valence-electron chi connectivity index (χ2n) is 3.83. The monoisotopic (exact) mass is 260 g/mol. The van der Waals surface area contributed by atoms with Gasteiger partial charge in [0.2, 0.25) is 0 Å². The van der Waals surface area contributed by atoms with E-state index in [2.05, 4.69) is 10.3 Å². The lowest BCUT2D eigenvalue weighted by Gasteiger charge is -2.09. The van der Waals surface area contributed by atoms with E-state index in [1.54, 1.807) is 12.1 Å². The topological polar surface area (TPSA) is 42.0 Å². The fraction of sp³-hybridized carbons (Fsp3) is 0.143. The number of para-hydroxylation sites is 1. The SMILES string of the molecule is CCc1ccccc1NC(=O)c1ccnc(Cl)c1. The summed E-state index contributed by atoms with van der Waals surface area (Å²) in [4.78, 5) is 15.9. The van der Waals surface area contributed by atoms with Crippen molar-refractivity contribution < 1.29 is 4.79 Å². The van der Waals surface area contributed by atoms with Gasteiger partial charge in [0, 0.05) is 17.4 Å². The summed E-state index contributed by atoms with van der Waals surface area (Å²) in [6, 6.07) is 10.9. The van der Waals surface area contributed by atoms with Crippen molar-refractivity contribution in [3.63, 3.8) is 0 Å². The van der Waals surface area contributed by atoms with Crippen molar-refractivity contribution in [3.05, 3.63) is 58.9 Å². The molecule has 4 heteroatoms. The molecule has 0 saturated heterocycles. The molecule has 1 heterocycles. The average Bonchev–Trinajstić information content (AvgIpc) is 2.39. The van der Waals surface area contributed by atoms with E-state index in [-0.39, 0.29) is 5.91 Å². The third-order valence-corrected chi connectivity index (χ3v) is 2.84. The average molecular weight is 261 g/mol. The summed E-state index contributed by atoms with van der Waals surface area (Å²) >= 11 is 5.76. The molecule has 2 rings (SSSR count). The smallest absolute Gasteiger partial charge is 0.255 e. The molecule has 0 fully saturated rings. The first kappa shape index (κ1) is 12.6. The summed E-state index contributed by atoms with van der Waals surface area (Å²) in [5, 5.41) is 3.19. The van der Waals surface area contributed by atoms with Gasteiger partial charge in [-0.25, -0.2) is 4.98 Å². The van der Waals surface area contributed by atoms with Gasteiger partial charge in [-0.2, -0.15) is 0 Å². The van der Waals surface area contributed by atoms with Crippen LogP contribution in [0.1, 0.15) is 22.8 Å². The number of rotatable bonds is 3. The zero-order valence-corrected chi connectivity index (χ0v) is 10.7. The van der Waals surface area contributed by atoms with Crippen molar-refractivity contribution >= 4 is 23.2 Å². The van der Waals surface area contributed by atoms with Crippen LogP contribution in [0.25, 0.3) is 0 Å². The summed E-state index contributed by atoms with van der Waals surface area (Å²) < 4.78 is 0. The van der Waals surface area contributed by atoms with Gasteiger partial charge in [-0.15, -0.1) is 0 Å². The van der Waals surface area contributed by atoms with Crippen LogP contribution in [-0.2, 0) is 6.42 Å². The number of aryl methyl sites for hydroxylation is 1. The second kappa shape index (κ2) is 5.65. The molecule has 0 atom stereocenters. The third kappa shape index (κ3) is 2.87. The van der Waals surface area contributed by atoms with Crippen LogP contribution < -0.4 is 5.32 Å². The molecule has 92 valence electrons. The Kier molecular flexibility index (Phi) is 3.95. The van der Waals surface area contributed by atoms with Crippen LogP contribution in [0.3, 0.4) is 0 Å². The van der Waals surface area contributed by atoms with E-state index in [0.29, 0.717) is 10.7 Å². The van der Waals surface area contributed by atoms with Crippen molar-refractivity contribution in [2.24, 2.45) is 0 Å². The van der Waals surface area contributed by atoms with Crippen LogP contribution in [0, 0.1) is 0 Å². The van der Waals surface area contributed by atoms with Crippen molar-refractivity contribution in [3.8, 4) is 0 Å². The summed E-state index contributed by atoms with van der Waals surface area (Å²) in [5.74, 6) is -0.180. The normalized spacial score (nSPS) is 10.1. The zero-order chi connectivity index (χ0) is 13.0. The van der Waals surface area contributed by atoms with E-state index < -0.39 is 0 Å². The molecule has 0 bridgehead atoms. The van der Waals surface area contributed by atoms with Gasteiger partial charge in [0.05, 0.1) is 0 Å². The van der Waals surface area contributed by atoms with Crippen LogP contribution in [0.4, 0.5) is 5.69 Å². The highest BCUT2D eigenvalue weighted by atomic mass is 35.5. The minimum Gasteiger partial charge on any atom is -0.322 e. The number of carbonyl (C=O) groups is 1. The molecule has 0 aliphatic carbocycles. The van der Waals surface area contributed by atoms with Gasteiger partial charge in [-0.3, -0.25) is 4.79 Å². The number of amides is 1. The first-order valence-electron chi connectivity index (χ1n) is 5.71. The largest absolute Gasteiger partial charge is 0.322 e. The predicted molar refractivity (Wildman–Crippen MR) is 73.0 cm³/mol. The van der Waals surface area contributed by atoms with E-state index in [9.17, 15) is 4.79 Å². The molecular weight excluding hydrogens is 248 g/mol. The number of benzene rings is 1. The fourth-order valence-corrected chi connectivity index (χ4v) is 1.86. The molecule has 1 aromatic carbocycles. The lowest BCUT2D eigenvalue weighted by Crippen LogP contribution is -2.13. The number of hydrogen-bond donors (Lipinski definition) is 1. The van der Waals surface area contributed by atoms with Crippen LogP contribution in [0.15, 0.2) is 42.6 Å². The van der Waals surface area contributed by atoms with E-state index >= 15 is 0 Å². The summed E-state index contributed by atoms with van der Waals surface area (Å²) in [6.45, 7) is 2.05. The van der Waals surface area contributed by atoms with Crippen molar-refractivity contribution in [2.75, 3.05) is 5.32 Å². The Balaban J connectivity index is 2.21. The molecule has 0 aliphatic rings. The Morgan fingerprint density at radius 1 is 1.33 bits per heavy atom. The number of nitrogens with one attached hydrogen (secondary N) is 1. The Hall–Kier alpha value is -1.87. The van der Waals surface area contributed by atoms with Crippen LogP contribution >= 0.6 is 11.6 Å². The maximum Gasteiger partial charge on any atom is 0.255 e. The minimum atomic E-state index is -0.180. The molecule has 0 radical (unpaired) electrons. The molecule has 1 aromatic heterocycles. The van der Waals surface area contributed by atoms with Gasteiger partial charge in [0.1, 0.15) is 5.15 Å². The van der Waals surface area contributed by atoms with E-state index in [4.69, 9.17) is 11.6 Å². The Labute approximate surface area is 111 Å². The van der Waals surface area contributed by atoms with Crippen LogP contribution in [0.5, 0.6) is 0 Å². The maximum absolute atomic E-state index is 12.0. The molecule has 18 heavy (non-hydrogen) atoms. The first-order chi connectivity index (χ1) is 8.70. The third-order valence-electron chi connectivity index (χ3n) is 2.64. The standard InChI is InChI=1S/C14H13ClN2O/c1-2-10-5-3-4-6-12(10)17-14(18)11-7-8-16-13(15)9-11/h3-9H,2H2,1H3,(H,17,18). The summed E-state index contributed by atoms with van der Waals surface area (Å²) in [5.41, 5.74) is 2.44. The lowest BCUT2D eigenvalue weighted by atomic mass is 10.1. The fourth-order valence-electron chi connectivity index (χ4n) is 1.69. The highest BCUT2D eigenvalue weighted by molar-refractivity contribution is 6.29. The number of anilines is 1. The molecule has 1 N–H and O–H groups in total. The zero-order valence-electron chi connectivity index (χ0n) is 9.98. The number of carbonyl (C=O) groups excluding carboxylic acids is 1. The van der Waals surface area contributed by atoms with Gasteiger partial charge >= 0.3 is 0 Å². The molecule has 0 unspecified atom stereocenters. The molecule has 0 aliphatic heterocycles. The number of pyridine rings is 1. The van der Waals surface area contributed by atoms with Crippen molar-refractivity contribution in [1.82, 2.24) is 4.98 Å². The molecule has 3 nitrogen and oxygen atoms in total. The van der Waals surface area contributed by atoms with E-state index in [1.165, 1.54) is 6.20 Å². The Morgan fingerprint density at radius 3 is 2.83 bits per heavy atom. The maximum atomic E-state index is 12.0. The van der Waals surface area contributed by atoms with Gasteiger partial charge in [-0.1, -0.05) is 36.7 Å². The summed E-state index contributed by atoms with van der Waals surface area (Å²) in [7, 11) is 0. The second-order valence-corrected chi connectivity index (χ2v) is 4.22. The van der Waals surface area contributed by atoms with E-state index in [1.807, 2.05) is 31.2 Å². The molecule has 2 aromatic rings. The highest BCUT2D eigenvalue weighted by Gasteiger charge is 2.08. The molecule has 0 saturated carbocycles. The lowest BCUT2D eigenvalue weighted by molar-refractivity contribution is 0.102. The molecule has 0 spiro atoms. The van der Waals surface area contributed by atoms with Crippen LogP contribution in [0.2, 0.25) is 5.15 Å². The molecular formula is C14H13ClN2O. The minimum absolute atomic E-state index is 0.180. The highest BCUT2D eigenvalue weighted by Crippen LogP contribution is 2.17. The van der Waals surface area contributed by atoms with Crippen LogP contribution in [-0.4, -0.2) is 10.9 Å². The van der Waals surface area contributed by atoms with Gasteiger partial charge in [-0.05, 0) is 30.2 Å². The number of nitrogens with zero attached hydrogens (tertiary/aromatic N) is 1. The molecule has 1 amide bonds. The quantitative estimate of drug-likeness (QED) is 0.858. The Bertz CT molecular complexity index is 569. The number of aromatic nitrogens is 1. The van der Waals surface area contributed by atoms with E-state index in [0.717, 1.165) is 17.7 Å². The van der Waals surface area contributed by atoms with Crippen molar-refractivity contribution in [2.45, 2.75) is 13.3 Å².